The van der Waals surface area contributed by atoms with E-state index in [2.05, 4.69) is 32.4 Å². The van der Waals surface area contributed by atoms with E-state index in [0.717, 1.165) is 18.1 Å². The van der Waals surface area contributed by atoms with Crippen LogP contribution in [0, 0.1) is 0 Å². The first-order valence-corrected chi connectivity index (χ1v) is 9.14. The summed E-state index contributed by atoms with van der Waals surface area (Å²) < 4.78 is 0. The first-order chi connectivity index (χ1) is 11.9. The number of halogens is 1. The van der Waals surface area contributed by atoms with Gasteiger partial charge in [-0.05, 0) is 49.9 Å². The average Bonchev–Trinajstić information content (AvgIpc) is 3.07. The standard InChI is InChI=1S/C19H26N4OS.HI/c1-19(2,3)23-17(24)15-8-5-7-14(11-15)12-21-18(20-4)22-13-16-9-6-10-25-16;/h5-11H,12-13H2,1-4H3,(H,23,24)(H2,20,21,22);1H. The number of hydrogen-bond donors (Lipinski definition) is 3. The molecule has 0 saturated carbocycles. The van der Waals surface area contributed by atoms with Crippen LogP contribution in [-0.4, -0.2) is 24.5 Å². The van der Waals surface area contributed by atoms with Crippen molar-refractivity contribution in [1.82, 2.24) is 16.0 Å². The van der Waals surface area contributed by atoms with E-state index in [1.54, 1.807) is 18.4 Å². The third-order valence-corrected chi connectivity index (χ3v) is 4.25. The van der Waals surface area contributed by atoms with E-state index < -0.39 is 0 Å². The Morgan fingerprint density at radius 2 is 1.85 bits per heavy atom. The van der Waals surface area contributed by atoms with Crippen LogP contribution >= 0.6 is 35.3 Å². The Balaban J connectivity index is 0.00000338. The summed E-state index contributed by atoms with van der Waals surface area (Å²) in [6.45, 7) is 7.25. The van der Waals surface area contributed by atoms with Crippen LogP contribution in [0.2, 0.25) is 0 Å². The number of carbonyl (C=O) groups excluding carboxylic acids is 1. The average molecular weight is 486 g/mol. The molecule has 0 aliphatic carbocycles. The number of hydrogen-bond acceptors (Lipinski definition) is 3. The number of aliphatic imine (C=N–C) groups is 1. The molecule has 0 spiro atoms. The summed E-state index contributed by atoms with van der Waals surface area (Å²) >= 11 is 1.71. The molecule has 0 aliphatic rings. The minimum atomic E-state index is -0.251. The lowest BCUT2D eigenvalue weighted by Crippen LogP contribution is -2.40. The van der Waals surface area contributed by atoms with Gasteiger partial charge < -0.3 is 16.0 Å². The van der Waals surface area contributed by atoms with Gasteiger partial charge in [0.25, 0.3) is 5.91 Å². The molecule has 0 unspecified atom stereocenters. The van der Waals surface area contributed by atoms with Gasteiger partial charge in [0.2, 0.25) is 0 Å². The molecule has 2 aromatic rings. The second-order valence-corrected chi connectivity index (χ2v) is 7.80. The van der Waals surface area contributed by atoms with Crippen LogP contribution < -0.4 is 16.0 Å². The minimum absolute atomic E-state index is 0. The van der Waals surface area contributed by atoms with E-state index in [1.807, 2.05) is 51.1 Å². The van der Waals surface area contributed by atoms with E-state index in [1.165, 1.54) is 4.88 Å². The summed E-state index contributed by atoms with van der Waals surface area (Å²) in [5.74, 6) is 0.674. The van der Waals surface area contributed by atoms with E-state index in [9.17, 15) is 4.79 Å². The molecule has 0 radical (unpaired) electrons. The molecule has 3 N–H and O–H groups in total. The van der Waals surface area contributed by atoms with Crippen molar-refractivity contribution in [2.24, 2.45) is 4.99 Å². The van der Waals surface area contributed by atoms with E-state index >= 15 is 0 Å². The van der Waals surface area contributed by atoms with Crippen LogP contribution in [0.4, 0.5) is 0 Å². The zero-order valence-electron chi connectivity index (χ0n) is 15.6. The number of carbonyl (C=O) groups is 1. The molecule has 0 bridgehead atoms. The van der Waals surface area contributed by atoms with Gasteiger partial charge in [-0.2, -0.15) is 0 Å². The van der Waals surface area contributed by atoms with Gasteiger partial charge in [0.05, 0.1) is 6.54 Å². The van der Waals surface area contributed by atoms with Gasteiger partial charge in [0, 0.05) is 29.6 Å². The highest BCUT2D eigenvalue weighted by atomic mass is 127. The number of nitrogens with one attached hydrogen (secondary N) is 3. The zero-order chi connectivity index (χ0) is 18.3. The molecule has 26 heavy (non-hydrogen) atoms. The fraction of sp³-hybridized carbons (Fsp3) is 0.368. The smallest absolute Gasteiger partial charge is 0.251 e. The maximum atomic E-state index is 12.3. The Morgan fingerprint density at radius 1 is 1.12 bits per heavy atom. The molecule has 1 amide bonds. The number of rotatable bonds is 5. The molecular weight excluding hydrogens is 459 g/mol. The lowest BCUT2D eigenvalue weighted by Gasteiger charge is -2.20. The Morgan fingerprint density at radius 3 is 2.46 bits per heavy atom. The second-order valence-electron chi connectivity index (χ2n) is 6.76. The molecule has 0 atom stereocenters. The highest BCUT2D eigenvalue weighted by molar-refractivity contribution is 14.0. The Kier molecular flexibility index (Phi) is 9.07. The normalized spacial score (nSPS) is 11.5. The fourth-order valence-electron chi connectivity index (χ4n) is 2.23. The molecular formula is C19H27IN4OS. The molecule has 0 fully saturated rings. The van der Waals surface area contributed by atoms with Crippen molar-refractivity contribution in [2.75, 3.05) is 7.05 Å². The van der Waals surface area contributed by atoms with Crippen molar-refractivity contribution < 1.29 is 4.79 Å². The van der Waals surface area contributed by atoms with Crippen molar-refractivity contribution in [3.05, 3.63) is 57.8 Å². The highest BCUT2D eigenvalue weighted by Gasteiger charge is 2.15. The summed E-state index contributed by atoms with van der Waals surface area (Å²) in [6, 6.07) is 11.7. The summed E-state index contributed by atoms with van der Waals surface area (Å²) in [5, 5.41) is 11.6. The van der Waals surface area contributed by atoms with Crippen LogP contribution in [0.15, 0.2) is 46.8 Å². The number of nitrogens with zero attached hydrogens (tertiary/aromatic N) is 1. The molecule has 1 heterocycles. The number of guanidine groups is 1. The maximum Gasteiger partial charge on any atom is 0.251 e. The minimum Gasteiger partial charge on any atom is -0.352 e. The van der Waals surface area contributed by atoms with Crippen LogP contribution in [0.1, 0.15) is 41.6 Å². The van der Waals surface area contributed by atoms with E-state index in [-0.39, 0.29) is 35.4 Å². The van der Waals surface area contributed by atoms with Crippen molar-refractivity contribution in [2.45, 2.75) is 39.4 Å². The van der Waals surface area contributed by atoms with Crippen LogP contribution in [0.3, 0.4) is 0 Å². The lowest BCUT2D eigenvalue weighted by atomic mass is 10.1. The quantitative estimate of drug-likeness (QED) is 0.343. The van der Waals surface area contributed by atoms with Crippen LogP contribution in [0.5, 0.6) is 0 Å². The van der Waals surface area contributed by atoms with E-state index in [0.29, 0.717) is 12.1 Å². The largest absolute Gasteiger partial charge is 0.352 e. The van der Waals surface area contributed by atoms with Crippen molar-refractivity contribution in [3.8, 4) is 0 Å². The van der Waals surface area contributed by atoms with Gasteiger partial charge in [0.15, 0.2) is 5.96 Å². The maximum absolute atomic E-state index is 12.3. The molecule has 5 nitrogen and oxygen atoms in total. The first kappa shape index (κ1) is 22.4. The molecule has 1 aromatic heterocycles. The third kappa shape index (κ3) is 7.74. The van der Waals surface area contributed by atoms with Crippen molar-refractivity contribution in [1.29, 1.82) is 0 Å². The first-order valence-electron chi connectivity index (χ1n) is 8.26. The summed E-state index contributed by atoms with van der Waals surface area (Å²) in [7, 11) is 1.75. The topological polar surface area (TPSA) is 65.5 Å². The van der Waals surface area contributed by atoms with Gasteiger partial charge in [0.1, 0.15) is 0 Å². The Labute approximate surface area is 176 Å². The summed E-state index contributed by atoms with van der Waals surface area (Å²) in [6.07, 6.45) is 0. The zero-order valence-corrected chi connectivity index (χ0v) is 18.8. The summed E-state index contributed by atoms with van der Waals surface area (Å²) in [5.41, 5.74) is 1.44. The van der Waals surface area contributed by atoms with Crippen LogP contribution in [0.25, 0.3) is 0 Å². The van der Waals surface area contributed by atoms with Crippen LogP contribution in [-0.2, 0) is 13.1 Å². The van der Waals surface area contributed by atoms with Gasteiger partial charge in [-0.25, -0.2) is 0 Å². The molecule has 2 rings (SSSR count). The van der Waals surface area contributed by atoms with E-state index in [4.69, 9.17) is 0 Å². The molecule has 0 aliphatic heterocycles. The van der Waals surface area contributed by atoms with Gasteiger partial charge in [-0.3, -0.25) is 9.79 Å². The fourth-order valence-corrected chi connectivity index (χ4v) is 2.87. The predicted octanol–water partition coefficient (Wildman–Crippen LogP) is 3.76. The predicted molar refractivity (Wildman–Crippen MR) is 120 cm³/mol. The molecule has 142 valence electrons. The van der Waals surface area contributed by atoms with Gasteiger partial charge in [-0.1, -0.05) is 18.2 Å². The van der Waals surface area contributed by atoms with Crippen molar-refractivity contribution >= 4 is 47.2 Å². The van der Waals surface area contributed by atoms with Gasteiger partial charge >= 0.3 is 0 Å². The Bertz CT molecular complexity index is 723. The number of benzene rings is 1. The molecule has 1 aromatic carbocycles. The monoisotopic (exact) mass is 486 g/mol. The molecule has 7 heteroatoms. The van der Waals surface area contributed by atoms with Crippen molar-refractivity contribution in [3.63, 3.8) is 0 Å². The number of amides is 1. The molecule has 0 saturated heterocycles. The SMILES string of the molecule is CN=C(NCc1cccc(C(=O)NC(C)(C)C)c1)NCc1cccs1.I. The highest BCUT2D eigenvalue weighted by Crippen LogP contribution is 2.09. The summed E-state index contributed by atoms with van der Waals surface area (Å²) in [4.78, 5) is 17.8. The number of thiophene rings is 1. The third-order valence-electron chi connectivity index (χ3n) is 3.37. The lowest BCUT2D eigenvalue weighted by molar-refractivity contribution is 0.0919. The van der Waals surface area contributed by atoms with Gasteiger partial charge in [-0.15, -0.1) is 35.3 Å². The Hall–Kier alpha value is -1.61. The second kappa shape index (κ2) is 10.5.